The number of ether oxygens (including phenoxy) is 1. The SMILES string of the molecule is CN=C(NCC(=O)NCCOC)N1CCC(c2cnn(C)c2)C1.I. The molecule has 2 N–H and O–H groups in total. The molecule has 1 aromatic heterocycles. The number of likely N-dealkylation sites (tertiary alicyclic amines) is 1. The standard InChI is InChI=1S/C15H26N6O2.HI/c1-16-15(18-9-14(22)17-5-7-23-3)21-6-4-12(11-21)13-8-19-20(2)10-13;/h8,10,12H,4-7,9,11H2,1-3H3,(H,16,18)(H,17,22);1H. The molecule has 0 bridgehead atoms. The molecule has 1 aromatic rings. The second kappa shape index (κ2) is 10.5. The summed E-state index contributed by atoms with van der Waals surface area (Å²) >= 11 is 0. The van der Waals surface area contributed by atoms with Crippen molar-refractivity contribution >= 4 is 35.8 Å². The van der Waals surface area contributed by atoms with E-state index in [4.69, 9.17) is 4.74 Å². The lowest BCUT2D eigenvalue weighted by atomic mass is 10.0. The van der Waals surface area contributed by atoms with E-state index in [9.17, 15) is 4.79 Å². The Morgan fingerprint density at radius 1 is 1.50 bits per heavy atom. The first-order valence-electron chi connectivity index (χ1n) is 7.83. The molecule has 0 spiro atoms. The number of guanidine groups is 1. The first-order chi connectivity index (χ1) is 11.1. The summed E-state index contributed by atoms with van der Waals surface area (Å²) in [6, 6.07) is 0. The zero-order valence-electron chi connectivity index (χ0n) is 14.5. The van der Waals surface area contributed by atoms with E-state index in [1.54, 1.807) is 14.2 Å². The Bertz CT molecular complexity index is 548. The summed E-state index contributed by atoms with van der Waals surface area (Å²) < 4.78 is 6.73. The van der Waals surface area contributed by atoms with Crippen LogP contribution in [0.4, 0.5) is 0 Å². The van der Waals surface area contributed by atoms with Crippen molar-refractivity contribution in [2.75, 3.05) is 46.9 Å². The van der Waals surface area contributed by atoms with E-state index in [-0.39, 0.29) is 36.4 Å². The molecule has 0 aliphatic carbocycles. The number of aryl methyl sites for hydroxylation is 1. The summed E-state index contributed by atoms with van der Waals surface area (Å²) in [7, 11) is 5.28. The van der Waals surface area contributed by atoms with Gasteiger partial charge in [-0.25, -0.2) is 0 Å². The number of amides is 1. The molecule has 1 atom stereocenters. The topological polar surface area (TPSA) is 83.8 Å². The van der Waals surface area contributed by atoms with Crippen molar-refractivity contribution in [3.05, 3.63) is 18.0 Å². The number of carbonyl (C=O) groups is 1. The second-order valence-corrected chi connectivity index (χ2v) is 5.62. The molecule has 8 nitrogen and oxygen atoms in total. The van der Waals surface area contributed by atoms with Gasteiger partial charge in [0.2, 0.25) is 5.91 Å². The first kappa shape index (κ1) is 20.7. The van der Waals surface area contributed by atoms with Crippen LogP contribution in [-0.2, 0) is 16.6 Å². The maximum atomic E-state index is 11.7. The number of halogens is 1. The highest BCUT2D eigenvalue weighted by molar-refractivity contribution is 14.0. The Morgan fingerprint density at radius 2 is 2.29 bits per heavy atom. The zero-order chi connectivity index (χ0) is 16.7. The molecule has 2 heterocycles. The number of nitrogens with one attached hydrogen (secondary N) is 2. The van der Waals surface area contributed by atoms with Crippen molar-refractivity contribution in [1.82, 2.24) is 25.3 Å². The number of aliphatic imine (C=N–C) groups is 1. The molecule has 0 radical (unpaired) electrons. The highest BCUT2D eigenvalue weighted by Gasteiger charge is 2.27. The van der Waals surface area contributed by atoms with Crippen LogP contribution in [0.15, 0.2) is 17.4 Å². The lowest BCUT2D eigenvalue weighted by Gasteiger charge is -2.21. The Kier molecular flexibility index (Phi) is 9.04. The van der Waals surface area contributed by atoms with E-state index in [2.05, 4.69) is 31.8 Å². The van der Waals surface area contributed by atoms with Crippen LogP contribution in [0.2, 0.25) is 0 Å². The minimum atomic E-state index is -0.0637. The highest BCUT2D eigenvalue weighted by atomic mass is 127. The normalized spacial score (nSPS) is 17.5. The molecule has 1 amide bonds. The second-order valence-electron chi connectivity index (χ2n) is 5.62. The largest absolute Gasteiger partial charge is 0.383 e. The molecule has 0 aromatic carbocycles. The average molecular weight is 450 g/mol. The van der Waals surface area contributed by atoms with Crippen LogP contribution in [0, 0.1) is 0 Å². The van der Waals surface area contributed by atoms with Crippen molar-refractivity contribution in [2.45, 2.75) is 12.3 Å². The van der Waals surface area contributed by atoms with Gasteiger partial charge in [0.1, 0.15) is 0 Å². The van der Waals surface area contributed by atoms with Gasteiger partial charge in [0, 0.05) is 53.0 Å². The van der Waals surface area contributed by atoms with Gasteiger partial charge in [-0.3, -0.25) is 14.5 Å². The fraction of sp³-hybridized carbons (Fsp3) is 0.667. The van der Waals surface area contributed by atoms with Crippen LogP contribution in [0.3, 0.4) is 0 Å². The summed E-state index contributed by atoms with van der Waals surface area (Å²) in [5, 5.41) is 10.1. The quantitative estimate of drug-likeness (QED) is 0.280. The van der Waals surface area contributed by atoms with Crippen molar-refractivity contribution in [3.8, 4) is 0 Å². The van der Waals surface area contributed by atoms with Gasteiger partial charge in [0.05, 0.1) is 19.3 Å². The molecule has 24 heavy (non-hydrogen) atoms. The molecule has 1 aliphatic heterocycles. The molecule has 1 unspecified atom stereocenters. The summed E-state index contributed by atoms with van der Waals surface area (Å²) in [6.07, 6.45) is 5.05. The predicted octanol–water partition coefficient (Wildman–Crippen LogP) is 0.165. The number of rotatable bonds is 6. The minimum absolute atomic E-state index is 0. The third kappa shape index (κ3) is 5.93. The van der Waals surface area contributed by atoms with Crippen LogP contribution in [0.5, 0.6) is 0 Å². The van der Waals surface area contributed by atoms with Crippen LogP contribution in [-0.4, -0.2) is 73.5 Å². The summed E-state index contributed by atoms with van der Waals surface area (Å²) in [4.78, 5) is 18.2. The van der Waals surface area contributed by atoms with E-state index in [1.807, 2.05) is 17.9 Å². The number of methoxy groups -OCH3 is 1. The number of aromatic nitrogens is 2. The predicted molar refractivity (Wildman–Crippen MR) is 104 cm³/mol. The summed E-state index contributed by atoms with van der Waals surface area (Å²) in [5.74, 6) is 1.15. The van der Waals surface area contributed by atoms with Crippen LogP contribution in [0.1, 0.15) is 17.9 Å². The lowest BCUT2D eigenvalue weighted by molar-refractivity contribution is -0.120. The number of hydrogen-bond donors (Lipinski definition) is 2. The lowest BCUT2D eigenvalue weighted by Crippen LogP contribution is -2.45. The number of carbonyl (C=O) groups excluding carboxylic acids is 1. The third-order valence-electron chi connectivity index (χ3n) is 3.93. The van der Waals surface area contributed by atoms with Gasteiger partial charge in [0.15, 0.2) is 5.96 Å². The minimum Gasteiger partial charge on any atom is -0.383 e. The van der Waals surface area contributed by atoms with Gasteiger partial charge in [-0.1, -0.05) is 0 Å². The molecule has 0 saturated carbocycles. The fourth-order valence-corrected chi connectivity index (χ4v) is 2.72. The van der Waals surface area contributed by atoms with Crippen LogP contribution >= 0.6 is 24.0 Å². The van der Waals surface area contributed by atoms with Gasteiger partial charge < -0.3 is 20.3 Å². The van der Waals surface area contributed by atoms with Crippen molar-refractivity contribution in [2.24, 2.45) is 12.0 Å². The zero-order valence-corrected chi connectivity index (χ0v) is 16.8. The van der Waals surface area contributed by atoms with Crippen molar-refractivity contribution in [1.29, 1.82) is 0 Å². The highest BCUT2D eigenvalue weighted by Crippen LogP contribution is 2.26. The molecule has 1 aliphatic rings. The third-order valence-corrected chi connectivity index (χ3v) is 3.93. The molecule has 136 valence electrons. The van der Waals surface area contributed by atoms with E-state index in [1.165, 1.54) is 5.56 Å². The van der Waals surface area contributed by atoms with Crippen molar-refractivity contribution < 1.29 is 9.53 Å². The fourth-order valence-electron chi connectivity index (χ4n) is 2.72. The Balaban J connectivity index is 0.00000288. The van der Waals surface area contributed by atoms with Gasteiger partial charge >= 0.3 is 0 Å². The van der Waals surface area contributed by atoms with Crippen molar-refractivity contribution in [3.63, 3.8) is 0 Å². The molecule has 1 saturated heterocycles. The van der Waals surface area contributed by atoms with Gasteiger partial charge in [0.25, 0.3) is 0 Å². The smallest absolute Gasteiger partial charge is 0.239 e. The Morgan fingerprint density at radius 3 is 2.92 bits per heavy atom. The summed E-state index contributed by atoms with van der Waals surface area (Å²) in [6.45, 7) is 3.05. The van der Waals surface area contributed by atoms with Gasteiger partial charge in [-0.15, -0.1) is 24.0 Å². The monoisotopic (exact) mass is 450 g/mol. The first-order valence-corrected chi connectivity index (χ1v) is 7.83. The summed E-state index contributed by atoms with van der Waals surface area (Å²) in [5.41, 5.74) is 1.25. The van der Waals surface area contributed by atoms with Gasteiger partial charge in [-0.05, 0) is 12.0 Å². The van der Waals surface area contributed by atoms with E-state index in [0.29, 0.717) is 19.1 Å². The molecule has 1 fully saturated rings. The molecule has 9 heteroatoms. The maximum absolute atomic E-state index is 11.7. The van der Waals surface area contributed by atoms with E-state index < -0.39 is 0 Å². The van der Waals surface area contributed by atoms with E-state index in [0.717, 1.165) is 25.5 Å². The van der Waals surface area contributed by atoms with Crippen LogP contribution < -0.4 is 10.6 Å². The molecular formula is C15H27IN6O2. The molecule has 2 rings (SSSR count). The number of nitrogens with zero attached hydrogens (tertiary/aromatic N) is 4. The number of hydrogen-bond acceptors (Lipinski definition) is 4. The Labute approximate surface area is 160 Å². The average Bonchev–Trinajstić information content (AvgIpc) is 3.17. The Hall–Kier alpha value is -1.36. The molecular weight excluding hydrogens is 423 g/mol. The maximum Gasteiger partial charge on any atom is 0.239 e. The van der Waals surface area contributed by atoms with Gasteiger partial charge in [-0.2, -0.15) is 5.10 Å². The van der Waals surface area contributed by atoms with E-state index >= 15 is 0 Å². The van der Waals surface area contributed by atoms with Crippen LogP contribution in [0.25, 0.3) is 0 Å².